The Labute approximate surface area is 158 Å². The fraction of sp³-hybridized carbons (Fsp3) is 0.100. The minimum absolute atomic E-state index is 0.146. The zero-order valence-corrected chi connectivity index (χ0v) is 14.8. The van der Waals surface area contributed by atoms with E-state index in [9.17, 15) is 9.59 Å². The Bertz CT molecular complexity index is 1240. The number of benzene rings is 1. The van der Waals surface area contributed by atoms with Crippen LogP contribution in [0.15, 0.2) is 51.6 Å². The largest absolute Gasteiger partial charge is 0.463 e. The third-order valence-corrected chi connectivity index (χ3v) is 4.69. The summed E-state index contributed by atoms with van der Waals surface area (Å²) < 4.78 is 10.7. The molecule has 4 aromatic rings. The van der Waals surface area contributed by atoms with Crippen molar-refractivity contribution in [3.05, 3.63) is 65.0 Å². The molecule has 3 aromatic heterocycles. The van der Waals surface area contributed by atoms with Gasteiger partial charge in [-0.2, -0.15) is 0 Å². The van der Waals surface area contributed by atoms with Gasteiger partial charge in [-0.05, 0) is 42.8 Å². The highest BCUT2D eigenvalue weighted by Crippen LogP contribution is 2.28. The van der Waals surface area contributed by atoms with Gasteiger partial charge in [0.2, 0.25) is 0 Å². The van der Waals surface area contributed by atoms with Crippen LogP contribution in [0.25, 0.3) is 22.6 Å². The molecule has 0 radical (unpaired) electrons. The molecule has 28 heavy (non-hydrogen) atoms. The molecule has 0 saturated carbocycles. The zero-order valence-electron chi connectivity index (χ0n) is 14.8. The first-order valence-corrected chi connectivity index (χ1v) is 8.63. The molecule has 2 N–H and O–H groups in total. The fourth-order valence-corrected chi connectivity index (χ4v) is 3.31. The van der Waals surface area contributed by atoms with Gasteiger partial charge >= 0.3 is 0 Å². The number of nitrogens with one attached hydrogen (secondary N) is 2. The molecule has 1 aromatic carbocycles. The van der Waals surface area contributed by atoms with Crippen molar-refractivity contribution in [1.82, 2.24) is 15.5 Å². The summed E-state index contributed by atoms with van der Waals surface area (Å²) in [6.07, 6.45) is 1.53. The Morgan fingerprint density at radius 2 is 2.14 bits per heavy atom. The van der Waals surface area contributed by atoms with Crippen LogP contribution in [-0.2, 0) is 6.54 Å². The number of nitrogens with zero attached hydrogens (tertiary/aromatic N) is 2. The Kier molecular flexibility index (Phi) is 3.51. The molecule has 0 bridgehead atoms. The van der Waals surface area contributed by atoms with Crippen LogP contribution in [0.3, 0.4) is 0 Å². The van der Waals surface area contributed by atoms with Crippen LogP contribution < -0.4 is 10.6 Å². The number of rotatable bonds is 3. The summed E-state index contributed by atoms with van der Waals surface area (Å²) in [5, 5.41) is 10.1. The highest BCUT2D eigenvalue weighted by atomic mass is 16.5. The average Bonchev–Trinajstić information content (AvgIpc) is 3.43. The number of amides is 2. The predicted octanol–water partition coefficient (Wildman–Crippen LogP) is 3.29. The van der Waals surface area contributed by atoms with Crippen molar-refractivity contribution in [1.29, 1.82) is 0 Å². The molecular weight excluding hydrogens is 360 g/mol. The molecule has 0 fully saturated rings. The third-order valence-electron chi connectivity index (χ3n) is 4.69. The minimum atomic E-state index is -0.357. The average molecular weight is 374 g/mol. The Balaban J connectivity index is 1.56. The molecule has 4 heterocycles. The number of furan rings is 1. The lowest BCUT2D eigenvalue weighted by Crippen LogP contribution is -2.14. The number of aromatic nitrogens is 2. The molecule has 8 heteroatoms. The minimum Gasteiger partial charge on any atom is -0.463 e. The van der Waals surface area contributed by atoms with Crippen molar-refractivity contribution in [2.45, 2.75) is 13.5 Å². The maximum Gasteiger partial charge on any atom is 0.259 e. The van der Waals surface area contributed by atoms with Crippen molar-refractivity contribution in [2.24, 2.45) is 0 Å². The molecule has 5 rings (SSSR count). The first-order chi connectivity index (χ1) is 13.6. The van der Waals surface area contributed by atoms with Crippen LogP contribution in [0.1, 0.15) is 32.0 Å². The standard InChI is InChI=1S/C20H14N4O4/c1-10-17-14(8-15(16-3-2-6-27-16)23-20(17)28-24-10)19(26)22-12-5-4-11-9-21-18(25)13(11)7-12/h2-8H,9H2,1H3,(H,21,25)(H,22,26). The second kappa shape index (κ2) is 6.05. The topological polar surface area (TPSA) is 110 Å². The number of carbonyl (C=O) groups is 2. The summed E-state index contributed by atoms with van der Waals surface area (Å²) in [7, 11) is 0. The Morgan fingerprint density at radius 1 is 1.25 bits per heavy atom. The second-order valence-electron chi connectivity index (χ2n) is 6.49. The van der Waals surface area contributed by atoms with Gasteiger partial charge in [0.05, 0.1) is 22.9 Å². The summed E-state index contributed by atoms with van der Waals surface area (Å²) in [6, 6.07) is 10.4. The molecule has 8 nitrogen and oxygen atoms in total. The number of hydrogen-bond donors (Lipinski definition) is 2. The van der Waals surface area contributed by atoms with Crippen LogP contribution in [0.4, 0.5) is 5.69 Å². The van der Waals surface area contributed by atoms with Crippen molar-refractivity contribution in [3.63, 3.8) is 0 Å². The van der Waals surface area contributed by atoms with E-state index in [0.717, 1.165) is 5.56 Å². The summed E-state index contributed by atoms with van der Waals surface area (Å²) in [6.45, 7) is 2.25. The molecule has 1 aliphatic rings. The monoisotopic (exact) mass is 374 g/mol. The normalized spacial score (nSPS) is 12.8. The maximum atomic E-state index is 13.0. The number of hydrogen-bond acceptors (Lipinski definition) is 6. The lowest BCUT2D eigenvalue weighted by Gasteiger charge is -2.08. The van der Waals surface area contributed by atoms with Crippen LogP contribution in [-0.4, -0.2) is 22.0 Å². The first-order valence-electron chi connectivity index (χ1n) is 8.63. The fourth-order valence-electron chi connectivity index (χ4n) is 3.31. The summed E-state index contributed by atoms with van der Waals surface area (Å²) in [5.41, 5.74) is 3.64. The summed E-state index contributed by atoms with van der Waals surface area (Å²) in [5.74, 6) is 0.0106. The zero-order chi connectivity index (χ0) is 19.3. The van der Waals surface area contributed by atoms with Crippen molar-refractivity contribution < 1.29 is 18.5 Å². The summed E-state index contributed by atoms with van der Waals surface area (Å²) in [4.78, 5) is 29.3. The van der Waals surface area contributed by atoms with Crippen molar-refractivity contribution in [2.75, 3.05) is 5.32 Å². The Morgan fingerprint density at radius 3 is 2.96 bits per heavy atom. The van der Waals surface area contributed by atoms with E-state index in [4.69, 9.17) is 8.94 Å². The van der Waals surface area contributed by atoms with Gasteiger partial charge in [0.15, 0.2) is 5.76 Å². The van der Waals surface area contributed by atoms with Gasteiger partial charge in [0, 0.05) is 17.8 Å². The molecule has 2 amide bonds. The van der Waals surface area contributed by atoms with Gasteiger partial charge < -0.3 is 19.6 Å². The molecule has 0 spiro atoms. The Hall–Kier alpha value is -3.94. The van der Waals surface area contributed by atoms with E-state index in [1.165, 1.54) is 6.26 Å². The van der Waals surface area contributed by atoms with Gasteiger partial charge in [-0.25, -0.2) is 4.98 Å². The molecular formula is C20H14N4O4. The highest BCUT2D eigenvalue weighted by Gasteiger charge is 2.22. The third kappa shape index (κ3) is 2.54. The van der Waals surface area contributed by atoms with Crippen molar-refractivity contribution in [3.8, 4) is 11.5 Å². The van der Waals surface area contributed by atoms with Crippen LogP contribution in [0.2, 0.25) is 0 Å². The van der Waals surface area contributed by atoms with Gasteiger partial charge in [-0.3, -0.25) is 9.59 Å². The molecule has 138 valence electrons. The van der Waals surface area contributed by atoms with E-state index < -0.39 is 0 Å². The van der Waals surface area contributed by atoms with Crippen LogP contribution >= 0.6 is 0 Å². The van der Waals surface area contributed by atoms with Gasteiger partial charge in [-0.1, -0.05) is 11.2 Å². The number of pyridine rings is 1. The highest BCUT2D eigenvalue weighted by molar-refractivity contribution is 6.13. The quantitative estimate of drug-likeness (QED) is 0.569. The van der Waals surface area contributed by atoms with E-state index in [2.05, 4.69) is 20.8 Å². The van der Waals surface area contributed by atoms with E-state index in [-0.39, 0.29) is 17.5 Å². The van der Waals surface area contributed by atoms with Crippen LogP contribution in [0.5, 0.6) is 0 Å². The maximum absolute atomic E-state index is 13.0. The van der Waals surface area contributed by atoms with E-state index >= 15 is 0 Å². The van der Waals surface area contributed by atoms with Gasteiger partial charge in [-0.15, -0.1) is 0 Å². The van der Waals surface area contributed by atoms with E-state index in [0.29, 0.717) is 45.9 Å². The lowest BCUT2D eigenvalue weighted by atomic mass is 10.1. The molecule has 0 unspecified atom stereocenters. The second-order valence-corrected chi connectivity index (χ2v) is 6.49. The van der Waals surface area contributed by atoms with Crippen molar-refractivity contribution >= 4 is 28.6 Å². The molecule has 0 aliphatic carbocycles. The molecule has 0 saturated heterocycles. The predicted molar refractivity (Wildman–Crippen MR) is 99.8 cm³/mol. The van der Waals surface area contributed by atoms with E-state index in [1.807, 2.05) is 6.07 Å². The first kappa shape index (κ1) is 16.2. The van der Waals surface area contributed by atoms with E-state index in [1.54, 1.807) is 37.3 Å². The number of anilines is 1. The number of fused-ring (bicyclic) bond motifs is 2. The van der Waals surface area contributed by atoms with Gasteiger partial charge in [0.25, 0.3) is 17.5 Å². The summed E-state index contributed by atoms with van der Waals surface area (Å²) >= 11 is 0. The SMILES string of the molecule is Cc1noc2nc(-c3ccco3)cc(C(=O)Nc3ccc4c(c3)C(=O)NC4)c12. The molecule has 1 aliphatic heterocycles. The number of carbonyl (C=O) groups excluding carboxylic acids is 2. The molecule has 0 atom stereocenters. The smallest absolute Gasteiger partial charge is 0.259 e. The lowest BCUT2D eigenvalue weighted by molar-refractivity contribution is 0.0964. The van der Waals surface area contributed by atoms with Gasteiger partial charge in [0.1, 0.15) is 5.69 Å². The number of aryl methyl sites for hydroxylation is 1. The van der Waals surface area contributed by atoms with Crippen LogP contribution in [0, 0.1) is 6.92 Å².